The number of carbonyl (C=O) groups is 2. The predicted molar refractivity (Wildman–Crippen MR) is 110 cm³/mol. The zero-order chi connectivity index (χ0) is 20.0. The number of hydrogen-bond acceptors (Lipinski definition) is 5. The molecule has 1 aliphatic carbocycles. The molecule has 0 aliphatic heterocycles. The molecule has 6 nitrogen and oxygen atoms in total. The SMILES string of the molecule is CC(=O)N(c1ccccc1)c1nc(/C=C/C(=O)NC2(C#N)CCCCC2)cs1. The van der Waals surface area contributed by atoms with Crippen molar-refractivity contribution in [3.8, 4) is 6.07 Å². The Hall–Kier alpha value is -2.98. The number of rotatable bonds is 5. The molecular weight excluding hydrogens is 372 g/mol. The molecular formula is C21H22N4O2S. The minimum Gasteiger partial charge on any atom is -0.334 e. The molecule has 2 amide bonds. The van der Waals surface area contributed by atoms with Gasteiger partial charge in [0.25, 0.3) is 0 Å². The van der Waals surface area contributed by atoms with Crippen molar-refractivity contribution in [1.29, 1.82) is 5.26 Å². The number of nitrogens with zero attached hydrogens (tertiary/aromatic N) is 3. The first-order valence-electron chi connectivity index (χ1n) is 9.26. The molecule has 1 aromatic heterocycles. The maximum atomic E-state index is 12.3. The lowest BCUT2D eigenvalue weighted by Crippen LogP contribution is -2.48. The van der Waals surface area contributed by atoms with Crippen molar-refractivity contribution < 1.29 is 9.59 Å². The lowest BCUT2D eigenvalue weighted by atomic mass is 9.83. The van der Waals surface area contributed by atoms with Crippen LogP contribution in [0.15, 0.2) is 41.8 Å². The summed E-state index contributed by atoms with van der Waals surface area (Å²) in [5.74, 6) is -0.438. The Morgan fingerprint density at radius 1 is 1.25 bits per heavy atom. The van der Waals surface area contributed by atoms with Crippen LogP contribution in [0.3, 0.4) is 0 Å². The quantitative estimate of drug-likeness (QED) is 0.771. The maximum Gasteiger partial charge on any atom is 0.245 e. The summed E-state index contributed by atoms with van der Waals surface area (Å²) < 4.78 is 0. The van der Waals surface area contributed by atoms with Gasteiger partial charge in [-0.1, -0.05) is 37.5 Å². The van der Waals surface area contributed by atoms with Crippen molar-refractivity contribution in [2.75, 3.05) is 4.90 Å². The molecule has 1 aliphatic rings. The molecule has 3 rings (SSSR count). The fraction of sp³-hybridized carbons (Fsp3) is 0.333. The number of hydrogen-bond donors (Lipinski definition) is 1. The van der Waals surface area contributed by atoms with E-state index in [1.165, 1.54) is 29.2 Å². The normalized spacial score (nSPS) is 15.7. The van der Waals surface area contributed by atoms with Gasteiger partial charge in [0.15, 0.2) is 5.13 Å². The van der Waals surface area contributed by atoms with Crippen molar-refractivity contribution in [3.63, 3.8) is 0 Å². The zero-order valence-corrected chi connectivity index (χ0v) is 16.5. The van der Waals surface area contributed by atoms with Gasteiger partial charge in [-0.25, -0.2) is 4.98 Å². The van der Waals surface area contributed by atoms with Gasteiger partial charge in [-0.05, 0) is 31.1 Å². The Kier molecular flexibility index (Phi) is 6.22. The van der Waals surface area contributed by atoms with E-state index in [-0.39, 0.29) is 11.8 Å². The average molecular weight is 395 g/mol. The van der Waals surface area contributed by atoms with Crippen LogP contribution in [0, 0.1) is 11.3 Å². The summed E-state index contributed by atoms with van der Waals surface area (Å²) in [5.41, 5.74) is 0.573. The van der Waals surface area contributed by atoms with E-state index in [0.717, 1.165) is 24.9 Å². The summed E-state index contributed by atoms with van der Waals surface area (Å²) in [4.78, 5) is 30.4. The number of benzene rings is 1. The van der Waals surface area contributed by atoms with Crippen molar-refractivity contribution in [2.24, 2.45) is 0 Å². The first-order chi connectivity index (χ1) is 13.5. The predicted octanol–water partition coefficient (Wildman–Crippen LogP) is 4.18. The Bertz CT molecular complexity index is 908. The summed E-state index contributed by atoms with van der Waals surface area (Å²) in [6.45, 7) is 1.49. The second kappa shape index (κ2) is 8.81. The van der Waals surface area contributed by atoms with E-state index in [1.807, 2.05) is 30.3 Å². The molecule has 1 fully saturated rings. The maximum absolute atomic E-state index is 12.3. The molecule has 2 aromatic rings. The Balaban J connectivity index is 1.70. The largest absolute Gasteiger partial charge is 0.334 e. The van der Waals surface area contributed by atoms with Gasteiger partial charge in [-0.3, -0.25) is 14.5 Å². The first kappa shape index (κ1) is 19.8. The van der Waals surface area contributed by atoms with E-state index in [1.54, 1.807) is 11.5 Å². The molecule has 1 N–H and O–H groups in total. The van der Waals surface area contributed by atoms with E-state index < -0.39 is 5.54 Å². The topological polar surface area (TPSA) is 86.1 Å². The van der Waals surface area contributed by atoms with Crippen LogP contribution >= 0.6 is 11.3 Å². The Morgan fingerprint density at radius 3 is 2.61 bits per heavy atom. The molecule has 1 heterocycles. The summed E-state index contributed by atoms with van der Waals surface area (Å²) >= 11 is 1.33. The molecule has 1 aromatic carbocycles. The van der Waals surface area contributed by atoms with E-state index in [0.29, 0.717) is 23.7 Å². The number of anilines is 2. The third kappa shape index (κ3) is 4.65. The molecule has 7 heteroatoms. The highest BCUT2D eigenvalue weighted by Crippen LogP contribution is 2.29. The van der Waals surface area contributed by atoms with Crippen LogP contribution in [0.1, 0.15) is 44.7 Å². The molecule has 28 heavy (non-hydrogen) atoms. The number of amides is 2. The van der Waals surface area contributed by atoms with Crippen LogP contribution in [0.4, 0.5) is 10.8 Å². The molecule has 1 saturated carbocycles. The van der Waals surface area contributed by atoms with Gasteiger partial charge in [-0.2, -0.15) is 5.26 Å². The number of para-hydroxylation sites is 1. The highest BCUT2D eigenvalue weighted by atomic mass is 32.1. The molecule has 0 atom stereocenters. The number of aromatic nitrogens is 1. The van der Waals surface area contributed by atoms with Gasteiger partial charge in [-0.15, -0.1) is 11.3 Å². The number of thiazole rings is 1. The molecule has 0 unspecified atom stereocenters. The van der Waals surface area contributed by atoms with E-state index >= 15 is 0 Å². The number of nitriles is 1. The van der Waals surface area contributed by atoms with Crippen LogP contribution in [0.25, 0.3) is 6.08 Å². The molecule has 0 spiro atoms. The van der Waals surface area contributed by atoms with Crippen LogP contribution in [0.5, 0.6) is 0 Å². The van der Waals surface area contributed by atoms with Gasteiger partial charge in [0.05, 0.1) is 17.5 Å². The Morgan fingerprint density at radius 2 is 1.96 bits per heavy atom. The highest BCUT2D eigenvalue weighted by Gasteiger charge is 2.32. The number of nitrogens with one attached hydrogen (secondary N) is 1. The van der Waals surface area contributed by atoms with Crippen LogP contribution in [0.2, 0.25) is 0 Å². The summed E-state index contributed by atoms with van der Waals surface area (Å²) in [6.07, 6.45) is 7.38. The second-order valence-corrected chi connectivity index (χ2v) is 7.66. The van der Waals surface area contributed by atoms with Crippen LogP contribution in [-0.2, 0) is 9.59 Å². The van der Waals surface area contributed by atoms with E-state index in [2.05, 4.69) is 16.4 Å². The highest BCUT2D eigenvalue weighted by molar-refractivity contribution is 7.14. The summed E-state index contributed by atoms with van der Waals surface area (Å²) in [7, 11) is 0. The fourth-order valence-electron chi connectivity index (χ4n) is 3.32. The summed E-state index contributed by atoms with van der Waals surface area (Å²) in [5, 5.41) is 14.6. The smallest absolute Gasteiger partial charge is 0.245 e. The van der Waals surface area contributed by atoms with Crippen LogP contribution in [-0.4, -0.2) is 22.3 Å². The molecule has 0 radical (unpaired) electrons. The summed E-state index contributed by atoms with van der Waals surface area (Å²) in [6, 6.07) is 11.6. The van der Waals surface area contributed by atoms with E-state index in [9.17, 15) is 14.9 Å². The van der Waals surface area contributed by atoms with Gasteiger partial charge >= 0.3 is 0 Å². The van der Waals surface area contributed by atoms with Crippen molar-refractivity contribution in [1.82, 2.24) is 10.3 Å². The lowest BCUT2D eigenvalue weighted by molar-refractivity contribution is -0.118. The minimum atomic E-state index is -0.758. The van der Waals surface area contributed by atoms with Gasteiger partial charge in [0.1, 0.15) is 5.54 Å². The average Bonchev–Trinajstić information content (AvgIpc) is 3.16. The standard InChI is InChI=1S/C21H22N4O2S/c1-16(26)25(18-8-4-2-5-9-18)20-23-17(14-28-20)10-11-19(27)24-21(15-22)12-6-3-7-13-21/h2,4-5,8-11,14H,3,6-7,12-13H2,1H3,(H,24,27)/b11-10+. The molecule has 144 valence electrons. The second-order valence-electron chi connectivity index (χ2n) is 6.82. The fourth-order valence-corrected chi connectivity index (χ4v) is 4.17. The third-order valence-corrected chi connectivity index (χ3v) is 5.56. The third-order valence-electron chi connectivity index (χ3n) is 4.72. The monoisotopic (exact) mass is 394 g/mol. The lowest BCUT2D eigenvalue weighted by Gasteiger charge is -2.30. The van der Waals surface area contributed by atoms with E-state index in [4.69, 9.17) is 0 Å². The zero-order valence-electron chi connectivity index (χ0n) is 15.7. The van der Waals surface area contributed by atoms with Gasteiger partial charge < -0.3 is 5.32 Å². The minimum absolute atomic E-state index is 0.137. The van der Waals surface area contributed by atoms with Crippen molar-refractivity contribution in [3.05, 3.63) is 47.5 Å². The number of carbonyl (C=O) groups excluding carboxylic acids is 2. The van der Waals surface area contributed by atoms with Gasteiger partial charge in [0, 0.05) is 18.4 Å². The Labute approximate surface area is 168 Å². The van der Waals surface area contributed by atoms with Crippen molar-refractivity contribution >= 4 is 40.0 Å². The molecule has 0 saturated heterocycles. The van der Waals surface area contributed by atoms with Gasteiger partial charge in [0.2, 0.25) is 11.8 Å². The van der Waals surface area contributed by atoms with Crippen LogP contribution < -0.4 is 10.2 Å². The first-order valence-corrected chi connectivity index (χ1v) is 10.1. The molecule has 0 bridgehead atoms. The van der Waals surface area contributed by atoms with Crippen molar-refractivity contribution in [2.45, 2.75) is 44.6 Å².